The Morgan fingerprint density at radius 2 is 2.47 bits per heavy atom. The zero-order chi connectivity index (χ0) is 11.3. The molecule has 1 rings (SSSR count). The Morgan fingerprint density at radius 3 is 3.07 bits per heavy atom. The Labute approximate surface area is 86.3 Å². The van der Waals surface area contributed by atoms with Gasteiger partial charge in [0.15, 0.2) is 0 Å². The van der Waals surface area contributed by atoms with Crippen LogP contribution in [0.1, 0.15) is 5.69 Å². The van der Waals surface area contributed by atoms with E-state index in [4.69, 9.17) is 16.1 Å². The lowest BCUT2D eigenvalue weighted by Crippen LogP contribution is -2.34. The summed E-state index contributed by atoms with van der Waals surface area (Å²) in [5.41, 5.74) is 5.11. The number of amides is 1. The number of aliphatic hydroxyl groups is 1. The summed E-state index contributed by atoms with van der Waals surface area (Å²) in [7, 11) is 0. The number of nitrogens with two attached hydrogens (primary N) is 1. The summed E-state index contributed by atoms with van der Waals surface area (Å²) in [6.07, 6.45) is -1.27. The van der Waals surface area contributed by atoms with E-state index in [0.717, 1.165) is 0 Å². The van der Waals surface area contributed by atoms with Crippen LogP contribution in [-0.2, 0) is 4.79 Å². The van der Waals surface area contributed by atoms with E-state index in [1.807, 2.05) is 6.07 Å². The van der Waals surface area contributed by atoms with Crippen LogP contribution in [0.5, 0.6) is 0 Å². The summed E-state index contributed by atoms with van der Waals surface area (Å²) in [5.74, 6) is -0.395. The Morgan fingerprint density at radius 1 is 1.73 bits per heavy atom. The highest BCUT2D eigenvalue weighted by Gasteiger charge is 2.10. The first-order valence-corrected chi connectivity index (χ1v) is 4.22. The van der Waals surface area contributed by atoms with E-state index in [-0.39, 0.29) is 12.2 Å². The number of aromatic nitrogens is 1. The third-order valence-corrected chi connectivity index (χ3v) is 1.67. The molecule has 4 N–H and O–H groups in total. The van der Waals surface area contributed by atoms with Crippen molar-refractivity contribution in [1.29, 1.82) is 5.26 Å². The number of nitrogens with zero attached hydrogens (tertiary/aromatic N) is 2. The average molecular weight is 206 g/mol. The van der Waals surface area contributed by atoms with Crippen LogP contribution in [0.3, 0.4) is 0 Å². The molecule has 0 aromatic carbocycles. The van der Waals surface area contributed by atoms with E-state index in [1.54, 1.807) is 18.2 Å². The fourth-order valence-corrected chi connectivity index (χ4v) is 0.897. The smallest absolute Gasteiger partial charge is 0.248 e. The van der Waals surface area contributed by atoms with Crippen molar-refractivity contribution < 1.29 is 9.90 Å². The monoisotopic (exact) mass is 206 g/mol. The Balaban J connectivity index is 2.58. The summed E-state index contributed by atoms with van der Waals surface area (Å²) in [5, 5.41) is 20.3. The van der Waals surface area contributed by atoms with Crippen molar-refractivity contribution in [2.24, 2.45) is 5.73 Å². The number of carbonyl (C=O) groups excluding carboxylic acids is 1. The lowest BCUT2D eigenvalue weighted by atomic mass is 10.3. The fraction of sp³-hybridized carbons (Fsp3) is 0.222. The molecule has 0 radical (unpaired) electrons. The lowest BCUT2D eigenvalue weighted by molar-refractivity contribution is -0.125. The summed E-state index contributed by atoms with van der Waals surface area (Å²) in [6, 6.07) is 6.69. The molecule has 6 heteroatoms. The van der Waals surface area contributed by atoms with Gasteiger partial charge in [-0.3, -0.25) is 4.79 Å². The number of carbonyl (C=O) groups is 1. The van der Waals surface area contributed by atoms with Gasteiger partial charge in [0.05, 0.1) is 6.54 Å². The molecule has 0 aliphatic rings. The van der Waals surface area contributed by atoms with Crippen molar-refractivity contribution in [2.45, 2.75) is 6.10 Å². The second kappa shape index (κ2) is 4.93. The molecule has 15 heavy (non-hydrogen) atoms. The average Bonchev–Trinajstić information content (AvgIpc) is 2.26. The molecule has 1 aromatic rings. The molecule has 0 spiro atoms. The van der Waals surface area contributed by atoms with Gasteiger partial charge >= 0.3 is 0 Å². The van der Waals surface area contributed by atoms with Crippen LogP contribution in [0, 0.1) is 11.3 Å². The summed E-state index contributed by atoms with van der Waals surface area (Å²) < 4.78 is 0. The molecule has 1 unspecified atom stereocenters. The maximum atomic E-state index is 10.5. The topological polar surface area (TPSA) is 112 Å². The minimum absolute atomic E-state index is 0.0305. The third kappa shape index (κ3) is 3.25. The van der Waals surface area contributed by atoms with E-state index < -0.39 is 12.0 Å². The highest BCUT2D eigenvalue weighted by atomic mass is 16.3. The van der Waals surface area contributed by atoms with Gasteiger partial charge in [-0.1, -0.05) is 6.07 Å². The molecule has 0 aliphatic heterocycles. The molecule has 6 nitrogen and oxygen atoms in total. The highest BCUT2D eigenvalue weighted by Crippen LogP contribution is 2.03. The number of pyridine rings is 1. The largest absolute Gasteiger partial charge is 0.381 e. The molecule has 1 atom stereocenters. The maximum Gasteiger partial charge on any atom is 0.248 e. The highest BCUT2D eigenvalue weighted by molar-refractivity contribution is 5.79. The van der Waals surface area contributed by atoms with Crippen molar-refractivity contribution in [1.82, 2.24) is 4.98 Å². The first-order chi connectivity index (χ1) is 7.13. The van der Waals surface area contributed by atoms with Gasteiger partial charge in [-0.25, -0.2) is 4.98 Å². The van der Waals surface area contributed by atoms with E-state index in [9.17, 15) is 4.79 Å². The molecule has 1 heterocycles. The quantitative estimate of drug-likeness (QED) is 0.597. The van der Waals surface area contributed by atoms with Crippen LogP contribution < -0.4 is 11.1 Å². The number of aliphatic hydroxyl groups excluding tert-OH is 1. The van der Waals surface area contributed by atoms with Crippen LogP contribution in [-0.4, -0.2) is 28.6 Å². The Hall–Kier alpha value is -2.13. The predicted molar refractivity (Wildman–Crippen MR) is 52.6 cm³/mol. The number of primary amides is 1. The lowest BCUT2D eigenvalue weighted by Gasteiger charge is -2.08. The molecule has 0 bridgehead atoms. The van der Waals surface area contributed by atoms with Gasteiger partial charge in [-0.05, 0) is 12.1 Å². The predicted octanol–water partition coefficient (Wildman–Crippen LogP) is -0.789. The summed E-state index contributed by atoms with van der Waals surface area (Å²) >= 11 is 0. The van der Waals surface area contributed by atoms with Gasteiger partial charge in [-0.15, -0.1) is 0 Å². The number of hydrogen-bond donors (Lipinski definition) is 3. The number of hydrogen-bond acceptors (Lipinski definition) is 5. The first-order valence-electron chi connectivity index (χ1n) is 4.22. The van der Waals surface area contributed by atoms with E-state index in [2.05, 4.69) is 10.3 Å². The molecule has 1 aromatic heterocycles. The molecule has 0 fully saturated rings. The van der Waals surface area contributed by atoms with Crippen molar-refractivity contribution in [2.75, 3.05) is 11.9 Å². The number of anilines is 1. The second-order valence-electron chi connectivity index (χ2n) is 2.82. The van der Waals surface area contributed by atoms with Gasteiger partial charge in [0.1, 0.15) is 23.7 Å². The second-order valence-corrected chi connectivity index (χ2v) is 2.82. The van der Waals surface area contributed by atoms with Gasteiger partial charge < -0.3 is 16.2 Å². The van der Waals surface area contributed by atoms with Gasteiger partial charge in [0.25, 0.3) is 0 Å². The minimum atomic E-state index is -1.27. The normalized spacial score (nSPS) is 11.5. The third-order valence-electron chi connectivity index (χ3n) is 1.67. The number of rotatable bonds is 4. The van der Waals surface area contributed by atoms with Crippen LogP contribution in [0.25, 0.3) is 0 Å². The van der Waals surface area contributed by atoms with E-state index in [1.165, 1.54) is 0 Å². The van der Waals surface area contributed by atoms with Crippen LogP contribution in [0.4, 0.5) is 5.82 Å². The zero-order valence-corrected chi connectivity index (χ0v) is 7.84. The van der Waals surface area contributed by atoms with Crippen molar-refractivity contribution in [3.8, 4) is 6.07 Å². The van der Waals surface area contributed by atoms with Crippen LogP contribution in [0.15, 0.2) is 18.2 Å². The van der Waals surface area contributed by atoms with Gasteiger partial charge in [0, 0.05) is 0 Å². The molecule has 78 valence electrons. The van der Waals surface area contributed by atoms with Crippen LogP contribution >= 0.6 is 0 Å². The maximum absolute atomic E-state index is 10.5. The Bertz CT molecular complexity index is 399. The van der Waals surface area contributed by atoms with Crippen LogP contribution in [0.2, 0.25) is 0 Å². The molecular weight excluding hydrogens is 196 g/mol. The molecular formula is C9H10N4O2. The summed E-state index contributed by atoms with van der Waals surface area (Å²) in [6.45, 7) is -0.0305. The van der Waals surface area contributed by atoms with E-state index >= 15 is 0 Å². The first kappa shape index (κ1) is 10.9. The number of nitrogens with one attached hydrogen (secondary N) is 1. The van der Waals surface area contributed by atoms with Crippen molar-refractivity contribution in [3.63, 3.8) is 0 Å². The molecule has 1 amide bonds. The minimum Gasteiger partial charge on any atom is -0.381 e. The van der Waals surface area contributed by atoms with Crippen molar-refractivity contribution in [3.05, 3.63) is 23.9 Å². The SMILES string of the molecule is N#Cc1cccc(NCC(O)C(N)=O)n1. The number of nitriles is 1. The molecule has 0 saturated carbocycles. The Kier molecular flexibility index (Phi) is 3.60. The zero-order valence-electron chi connectivity index (χ0n) is 7.84. The van der Waals surface area contributed by atoms with Gasteiger partial charge in [0.2, 0.25) is 5.91 Å². The standard InChI is InChI=1S/C9H10N4O2/c10-4-6-2-1-3-8(13-6)12-5-7(14)9(11)15/h1-3,7,14H,5H2,(H2,11,15)(H,12,13). The van der Waals surface area contributed by atoms with Gasteiger partial charge in [-0.2, -0.15) is 5.26 Å². The molecule has 0 saturated heterocycles. The summed E-state index contributed by atoms with van der Waals surface area (Å²) in [4.78, 5) is 14.4. The van der Waals surface area contributed by atoms with E-state index in [0.29, 0.717) is 5.82 Å². The molecule has 0 aliphatic carbocycles. The fourth-order valence-electron chi connectivity index (χ4n) is 0.897. The van der Waals surface area contributed by atoms with Crippen molar-refractivity contribution >= 4 is 11.7 Å².